The number of ether oxygens (including phenoxy) is 1. The first kappa shape index (κ1) is 21.0. The van der Waals surface area contributed by atoms with E-state index in [-0.39, 0.29) is 38.4 Å². The van der Waals surface area contributed by atoms with Gasteiger partial charge in [-0.05, 0) is 30.5 Å². The van der Waals surface area contributed by atoms with Gasteiger partial charge < -0.3 is 19.6 Å². The molecular weight excluding hydrogens is 365 g/mol. The Morgan fingerprint density at radius 2 is 1.96 bits per heavy atom. The van der Waals surface area contributed by atoms with Gasteiger partial charge in [0.1, 0.15) is 5.75 Å². The number of likely N-dealkylation sites (N-methyl/N-ethyl adjacent to an activating group) is 1. The van der Waals surface area contributed by atoms with Gasteiger partial charge in [0.2, 0.25) is 5.91 Å². The van der Waals surface area contributed by atoms with E-state index < -0.39 is 24.1 Å². The summed E-state index contributed by atoms with van der Waals surface area (Å²) in [4.78, 5) is 25.9. The Hall–Kier alpha value is -2.29. The zero-order chi connectivity index (χ0) is 20.2. The fraction of sp³-hybridized carbons (Fsp3) is 0.556. The van der Waals surface area contributed by atoms with Crippen LogP contribution < -0.4 is 4.74 Å². The van der Waals surface area contributed by atoms with E-state index in [0.29, 0.717) is 11.3 Å². The van der Waals surface area contributed by atoms with Crippen LogP contribution in [0.5, 0.6) is 5.75 Å². The maximum absolute atomic E-state index is 12.5. The van der Waals surface area contributed by atoms with Crippen LogP contribution in [0.3, 0.4) is 0 Å². The Bertz CT molecular complexity index is 673. The van der Waals surface area contributed by atoms with Crippen LogP contribution >= 0.6 is 0 Å². The lowest BCUT2D eigenvalue weighted by atomic mass is 9.95. The van der Waals surface area contributed by atoms with E-state index >= 15 is 0 Å². The van der Waals surface area contributed by atoms with Crippen LogP contribution in [-0.2, 0) is 9.59 Å². The maximum atomic E-state index is 12.5. The minimum atomic E-state index is -4.89. The minimum Gasteiger partial charge on any atom is -0.497 e. The number of halogens is 3. The topological polar surface area (TPSA) is 70.1 Å². The van der Waals surface area contributed by atoms with Gasteiger partial charge in [-0.15, -0.1) is 0 Å². The molecule has 2 rings (SSSR count). The van der Waals surface area contributed by atoms with Gasteiger partial charge in [0, 0.05) is 26.1 Å². The molecule has 150 valence electrons. The summed E-state index contributed by atoms with van der Waals surface area (Å²) in [7, 11) is 3.05. The predicted octanol–water partition coefficient (Wildman–Crippen LogP) is 1.99. The quantitative estimate of drug-likeness (QED) is 0.838. The van der Waals surface area contributed by atoms with Crippen molar-refractivity contribution in [3.8, 4) is 5.75 Å². The smallest absolute Gasteiger partial charge is 0.471 e. The standard InChI is InChI=1S/C18H23F3N2O4/c1-22(11-15(24)13-4-3-5-14(10-13)27-2)16(25)12-6-8-23(9-7-12)17(26)18(19,20)21/h3-5,10,12,15,24H,6-9,11H2,1-2H3. The fourth-order valence-corrected chi connectivity index (χ4v) is 3.12. The molecule has 0 aromatic heterocycles. The van der Waals surface area contributed by atoms with Crippen LogP contribution in [0, 0.1) is 5.92 Å². The first-order valence-electron chi connectivity index (χ1n) is 8.56. The highest BCUT2D eigenvalue weighted by Gasteiger charge is 2.43. The number of carbonyl (C=O) groups excluding carboxylic acids is 2. The van der Waals surface area contributed by atoms with Gasteiger partial charge in [-0.3, -0.25) is 9.59 Å². The summed E-state index contributed by atoms with van der Waals surface area (Å²) >= 11 is 0. The second-order valence-corrected chi connectivity index (χ2v) is 6.58. The Morgan fingerprint density at radius 3 is 2.52 bits per heavy atom. The zero-order valence-electron chi connectivity index (χ0n) is 15.2. The van der Waals surface area contributed by atoms with Crippen molar-refractivity contribution in [2.45, 2.75) is 25.1 Å². The number of rotatable bonds is 5. The van der Waals surface area contributed by atoms with E-state index in [0.717, 1.165) is 4.90 Å². The molecule has 1 unspecified atom stereocenters. The molecule has 1 fully saturated rings. The van der Waals surface area contributed by atoms with E-state index in [2.05, 4.69) is 0 Å². The zero-order valence-corrected chi connectivity index (χ0v) is 15.2. The summed E-state index contributed by atoms with van der Waals surface area (Å²) in [6.45, 7) is -0.171. The summed E-state index contributed by atoms with van der Waals surface area (Å²) in [5.41, 5.74) is 0.597. The number of benzene rings is 1. The molecule has 0 bridgehead atoms. The normalized spacial score (nSPS) is 16.7. The number of hydrogen-bond acceptors (Lipinski definition) is 4. The van der Waals surface area contributed by atoms with Crippen molar-refractivity contribution in [1.29, 1.82) is 0 Å². The lowest BCUT2D eigenvalue weighted by molar-refractivity contribution is -0.187. The molecule has 1 aromatic rings. The van der Waals surface area contributed by atoms with Gasteiger partial charge >= 0.3 is 12.1 Å². The Kier molecular flexibility index (Phi) is 6.69. The molecule has 1 N–H and O–H groups in total. The number of nitrogens with zero attached hydrogens (tertiary/aromatic N) is 2. The van der Waals surface area contributed by atoms with Crippen LogP contribution in [0.4, 0.5) is 13.2 Å². The summed E-state index contributed by atoms with van der Waals surface area (Å²) in [6.07, 6.45) is -5.48. The highest BCUT2D eigenvalue weighted by molar-refractivity contribution is 5.83. The molecule has 0 aliphatic carbocycles. The van der Waals surface area contributed by atoms with Crippen LogP contribution in [-0.4, -0.2) is 66.7 Å². The molecule has 1 aromatic carbocycles. The maximum Gasteiger partial charge on any atom is 0.471 e. The second kappa shape index (κ2) is 8.60. The van der Waals surface area contributed by atoms with Gasteiger partial charge in [-0.2, -0.15) is 13.2 Å². The van der Waals surface area contributed by atoms with Crippen molar-refractivity contribution in [1.82, 2.24) is 9.80 Å². The number of amides is 2. The number of alkyl halides is 3. The summed E-state index contributed by atoms with van der Waals surface area (Å²) in [5, 5.41) is 10.3. The van der Waals surface area contributed by atoms with E-state index in [1.807, 2.05) is 0 Å². The van der Waals surface area contributed by atoms with Gasteiger partial charge in [-0.1, -0.05) is 12.1 Å². The number of hydrogen-bond donors (Lipinski definition) is 1. The lowest BCUT2D eigenvalue weighted by Crippen LogP contribution is -2.48. The van der Waals surface area contributed by atoms with Crippen molar-refractivity contribution in [3.63, 3.8) is 0 Å². The largest absolute Gasteiger partial charge is 0.497 e. The summed E-state index contributed by atoms with van der Waals surface area (Å²) in [5.74, 6) is -2.00. The molecule has 1 aliphatic heterocycles. The number of aliphatic hydroxyl groups is 1. The lowest BCUT2D eigenvalue weighted by Gasteiger charge is -2.34. The third-order valence-electron chi connectivity index (χ3n) is 4.68. The molecule has 6 nitrogen and oxygen atoms in total. The molecule has 0 radical (unpaired) electrons. The Morgan fingerprint density at radius 1 is 1.33 bits per heavy atom. The molecule has 27 heavy (non-hydrogen) atoms. The molecule has 1 aliphatic rings. The van der Waals surface area contributed by atoms with E-state index in [4.69, 9.17) is 4.74 Å². The van der Waals surface area contributed by atoms with Crippen molar-refractivity contribution in [3.05, 3.63) is 29.8 Å². The van der Waals surface area contributed by atoms with E-state index in [1.54, 1.807) is 31.3 Å². The van der Waals surface area contributed by atoms with E-state index in [1.165, 1.54) is 12.0 Å². The van der Waals surface area contributed by atoms with Crippen molar-refractivity contribution >= 4 is 11.8 Å². The average molecular weight is 388 g/mol. The van der Waals surface area contributed by atoms with E-state index in [9.17, 15) is 27.9 Å². The molecule has 1 heterocycles. The predicted molar refractivity (Wildman–Crippen MR) is 90.9 cm³/mol. The third kappa shape index (κ3) is 5.35. The SMILES string of the molecule is COc1cccc(C(O)CN(C)C(=O)C2CCN(C(=O)C(F)(F)F)CC2)c1. The molecule has 0 saturated carbocycles. The molecule has 1 saturated heterocycles. The van der Waals surface area contributed by atoms with Crippen molar-refractivity contribution in [2.24, 2.45) is 5.92 Å². The molecular formula is C18H23F3N2O4. The minimum absolute atomic E-state index is 0.0493. The number of carbonyl (C=O) groups is 2. The van der Waals surface area contributed by atoms with Crippen molar-refractivity contribution < 1.29 is 32.6 Å². The van der Waals surface area contributed by atoms with Crippen LogP contribution in [0.25, 0.3) is 0 Å². The monoisotopic (exact) mass is 388 g/mol. The highest BCUT2D eigenvalue weighted by Crippen LogP contribution is 2.26. The first-order chi connectivity index (χ1) is 12.6. The van der Waals surface area contributed by atoms with Crippen LogP contribution in [0.1, 0.15) is 24.5 Å². The third-order valence-corrected chi connectivity index (χ3v) is 4.68. The molecule has 0 spiro atoms. The average Bonchev–Trinajstić information content (AvgIpc) is 2.66. The van der Waals surface area contributed by atoms with Crippen molar-refractivity contribution in [2.75, 3.05) is 33.8 Å². The molecule has 2 amide bonds. The fourth-order valence-electron chi connectivity index (χ4n) is 3.12. The molecule has 1 atom stereocenters. The van der Waals surface area contributed by atoms with Gasteiger partial charge in [-0.25, -0.2) is 0 Å². The summed E-state index contributed by atoms with van der Waals surface area (Å²) < 4.78 is 42.5. The van der Waals surface area contributed by atoms with Crippen LogP contribution in [0.2, 0.25) is 0 Å². The number of methoxy groups -OCH3 is 1. The first-order valence-corrected chi connectivity index (χ1v) is 8.56. The van der Waals surface area contributed by atoms with Gasteiger partial charge in [0.05, 0.1) is 19.8 Å². The number of piperidine rings is 1. The van der Waals surface area contributed by atoms with Crippen LogP contribution in [0.15, 0.2) is 24.3 Å². The second-order valence-electron chi connectivity index (χ2n) is 6.58. The summed E-state index contributed by atoms with van der Waals surface area (Å²) in [6, 6.07) is 6.85. The number of likely N-dealkylation sites (tertiary alicyclic amines) is 1. The highest BCUT2D eigenvalue weighted by atomic mass is 19.4. The Balaban J connectivity index is 1.89. The number of aliphatic hydroxyl groups excluding tert-OH is 1. The van der Waals surface area contributed by atoms with Gasteiger partial charge in [0.15, 0.2) is 0 Å². The van der Waals surface area contributed by atoms with Gasteiger partial charge in [0.25, 0.3) is 0 Å². The Labute approximate surface area is 155 Å². The molecule has 9 heteroatoms.